The number of nitrogens with zero attached hydrogens (tertiary/aromatic N) is 1. The van der Waals surface area contributed by atoms with E-state index in [1.54, 1.807) is 0 Å². The summed E-state index contributed by atoms with van der Waals surface area (Å²) in [4.78, 5) is 1.95. The van der Waals surface area contributed by atoms with E-state index in [-0.39, 0.29) is 12.5 Å². The highest BCUT2D eigenvalue weighted by atomic mass is 35.5. The SMILES string of the molecule is OCCN(Cc1ccc(Cl)cc1)CC(O)CCl. The van der Waals surface area contributed by atoms with E-state index in [0.717, 1.165) is 5.56 Å². The summed E-state index contributed by atoms with van der Waals surface area (Å²) in [5, 5.41) is 19.2. The van der Waals surface area contributed by atoms with Gasteiger partial charge < -0.3 is 10.2 Å². The molecule has 0 aliphatic heterocycles. The zero-order valence-corrected chi connectivity index (χ0v) is 11.0. The minimum atomic E-state index is -0.574. The average molecular weight is 278 g/mol. The molecule has 0 radical (unpaired) electrons. The Morgan fingerprint density at radius 1 is 1.24 bits per heavy atom. The van der Waals surface area contributed by atoms with Crippen molar-refractivity contribution in [2.24, 2.45) is 0 Å². The molecule has 0 heterocycles. The fourth-order valence-corrected chi connectivity index (χ4v) is 1.79. The maximum absolute atomic E-state index is 9.50. The van der Waals surface area contributed by atoms with Crippen LogP contribution in [0.4, 0.5) is 0 Å². The van der Waals surface area contributed by atoms with Crippen molar-refractivity contribution in [2.45, 2.75) is 12.6 Å². The van der Waals surface area contributed by atoms with Crippen LogP contribution in [0.15, 0.2) is 24.3 Å². The highest BCUT2D eigenvalue weighted by Gasteiger charge is 2.11. The van der Waals surface area contributed by atoms with Gasteiger partial charge in [0.05, 0.1) is 12.7 Å². The second-order valence-electron chi connectivity index (χ2n) is 3.89. The van der Waals surface area contributed by atoms with Crippen molar-refractivity contribution in [3.8, 4) is 0 Å². The van der Waals surface area contributed by atoms with E-state index >= 15 is 0 Å². The number of alkyl halides is 1. The van der Waals surface area contributed by atoms with Crippen LogP contribution in [0.25, 0.3) is 0 Å². The molecule has 0 amide bonds. The van der Waals surface area contributed by atoms with Crippen molar-refractivity contribution in [3.63, 3.8) is 0 Å². The lowest BCUT2D eigenvalue weighted by Gasteiger charge is -2.23. The lowest BCUT2D eigenvalue weighted by atomic mass is 10.2. The van der Waals surface area contributed by atoms with Gasteiger partial charge in [-0.2, -0.15) is 0 Å². The van der Waals surface area contributed by atoms with Crippen LogP contribution in [0.1, 0.15) is 5.56 Å². The Kier molecular flexibility index (Phi) is 6.85. The Morgan fingerprint density at radius 2 is 1.88 bits per heavy atom. The van der Waals surface area contributed by atoms with E-state index < -0.39 is 6.10 Å². The number of rotatable bonds is 7. The van der Waals surface area contributed by atoms with E-state index in [2.05, 4.69) is 0 Å². The van der Waals surface area contributed by atoms with Crippen LogP contribution in [0.5, 0.6) is 0 Å². The van der Waals surface area contributed by atoms with Gasteiger partial charge in [0.2, 0.25) is 0 Å². The minimum Gasteiger partial charge on any atom is -0.395 e. The molecule has 0 aromatic heterocycles. The standard InChI is InChI=1S/C12H17Cl2NO2/c13-7-12(17)9-15(5-6-16)8-10-1-3-11(14)4-2-10/h1-4,12,16-17H,5-9H2. The first-order valence-corrected chi connectivity index (χ1v) is 6.38. The molecule has 3 nitrogen and oxygen atoms in total. The average Bonchev–Trinajstić information content (AvgIpc) is 2.32. The Bertz CT molecular complexity index is 319. The van der Waals surface area contributed by atoms with Gasteiger partial charge in [-0.1, -0.05) is 23.7 Å². The van der Waals surface area contributed by atoms with Crippen LogP contribution < -0.4 is 0 Å². The Balaban J connectivity index is 2.56. The summed E-state index contributed by atoms with van der Waals surface area (Å²) in [5.74, 6) is 0.197. The fourth-order valence-electron chi connectivity index (χ4n) is 1.57. The van der Waals surface area contributed by atoms with Crippen LogP contribution in [0, 0.1) is 0 Å². The first kappa shape index (κ1) is 14.7. The molecule has 0 fully saturated rings. The van der Waals surface area contributed by atoms with Gasteiger partial charge in [-0.3, -0.25) is 4.90 Å². The van der Waals surface area contributed by atoms with E-state index in [4.69, 9.17) is 28.3 Å². The first-order valence-electron chi connectivity index (χ1n) is 5.47. The summed E-state index contributed by atoms with van der Waals surface area (Å²) in [7, 11) is 0. The molecule has 0 saturated carbocycles. The predicted molar refractivity (Wildman–Crippen MR) is 70.5 cm³/mol. The van der Waals surface area contributed by atoms with Crippen molar-refractivity contribution in [1.29, 1.82) is 0 Å². The van der Waals surface area contributed by atoms with Crippen LogP contribution in [-0.2, 0) is 6.54 Å². The number of aliphatic hydroxyl groups is 2. The van der Waals surface area contributed by atoms with Gasteiger partial charge in [0.1, 0.15) is 0 Å². The highest BCUT2D eigenvalue weighted by Crippen LogP contribution is 2.11. The Hall–Kier alpha value is -0.320. The van der Waals surface area contributed by atoms with Crippen molar-refractivity contribution in [2.75, 3.05) is 25.6 Å². The predicted octanol–water partition coefficient (Wildman–Crippen LogP) is 1.73. The molecule has 0 saturated heterocycles. The van der Waals surface area contributed by atoms with Crippen LogP contribution in [0.3, 0.4) is 0 Å². The van der Waals surface area contributed by atoms with Crippen LogP contribution >= 0.6 is 23.2 Å². The third-order valence-corrected chi connectivity index (χ3v) is 2.99. The van der Waals surface area contributed by atoms with Gasteiger partial charge in [0.15, 0.2) is 0 Å². The molecule has 1 atom stereocenters. The molecule has 0 spiro atoms. The van der Waals surface area contributed by atoms with Crippen LogP contribution in [0.2, 0.25) is 5.02 Å². The molecule has 1 aromatic rings. The molecule has 2 N–H and O–H groups in total. The minimum absolute atomic E-state index is 0.0581. The number of hydrogen-bond donors (Lipinski definition) is 2. The Morgan fingerprint density at radius 3 is 2.41 bits per heavy atom. The second-order valence-corrected chi connectivity index (χ2v) is 4.64. The lowest BCUT2D eigenvalue weighted by molar-refractivity contribution is 0.109. The molecule has 17 heavy (non-hydrogen) atoms. The number of halogens is 2. The van der Waals surface area contributed by atoms with Crippen molar-refractivity contribution >= 4 is 23.2 Å². The number of aliphatic hydroxyl groups excluding tert-OH is 2. The summed E-state index contributed by atoms with van der Waals surface area (Å²) in [6.07, 6.45) is -0.574. The molecular weight excluding hydrogens is 261 g/mol. The van der Waals surface area contributed by atoms with Crippen LogP contribution in [-0.4, -0.2) is 46.8 Å². The molecule has 0 aliphatic rings. The van der Waals surface area contributed by atoms with Gasteiger partial charge in [-0.05, 0) is 17.7 Å². The van der Waals surface area contributed by atoms with E-state index in [0.29, 0.717) is 24.7 Å². The summed E-state index contributed by atoms with van der Waals surface area (Å²) < 4.78 is 0. The van der Waals surface area contributed by atoms with E-state index in [9.17, 15) is 5.11 Å². The maximum Gasteiger partial charge on any atom is 0.0802 e. The van der Waals surface area contributed by atoms with E-state index in [1.165, 1.54) is 0 Å². The van der Waals surface area contributed by atoms with Crippen molar-refractivity contribution in [1.82, 2.24) is 4.90 Å². The monoisotopic (exact) mass is 277 g/mol. The van der Waals surface area contributed by atoms with Gasteiger partial charge in [-0.15, -0.1) is 11.6 Å². The van der Waals surface area contributed by atoms with Crippen molar-refractivity contribution in [3.05, 3.63) is 34.9 Å². The Labute approximate surface area is 112 Å². The summed E-state index contributed by atoms with van der Waals surface area (Å²) in [5.41, 5.74) is 1.09. The quantitative estimate of drug-likeness (QED) is 0.747. The molecular formula is C12H17Cl2NO2. The van der Waals surface area contributed by atoms with Crippen molar-refractivity contribution < 1.29 is 10.2 Å². The maximum atomic E-state index is 9.50. The molecule has 1 rings (SSSR count). The number of benzene rings is 1. The largest absolute Gasteiger partial charge is 0.395 e. The topological polar surface area (TPSA) is 43.7 Å². The highest BCUT2D eigenvalue weighted by molar-refractivity contribution is 6.30. The summed E-state index contributed by atoms with van der Waals surface area (Å²) in [6, 6.07) is 7.51. The smallest absolute Gasteiger partial charge is 0.0802 e. The zero-order valence-electron chi connectivity index (χ0n) is 9.52. The molecule has 0 bridgehead atoms. The zero-order chi connectivity index (χ0) is 12.7. The molecule has 1 aromatic carbocycles. The second kappa shape index (κ2) is 7.90. The first-order chi connectivity index (χ1) is 8.15. The summed E-state index contributed by atoms with van der Waals surface area (Å²) >= 11 is 11.4. The molecule has 0 aliphatic carbocycles. The van der Waals surface area contributed by atoms with Gasteiger partial charge in [-0.25, -0.2) is 0 Å². The van der Waals surface area contributed by atoms with Gasteiger partial charge in [0.25, 0.3) is 0 Å². The lowest BCUT2D eigenvalue weighted by Crippen LogP contribution is -2.34. The number of hydrogen-bond acceptors (Lipinski definition) is 3. The molecule has 96 valence electrons. The van der Waals surface area contributed by atoms with E-state index in [1.807, 2.05) is 29.2 Å². The normalized spacial score (nSPS) is 13.0. The summed E-state index contributed by atoms with van der Waals surface area (Å²) in [6.45, 7) is 1.68. The molecule has 1 unspecified atom stereocenters. The fraction of sp³-hybridized carbons (Fsp3) is 0.500. The van der Waals surface area contributed by atoms with Gasteiger partial charge in [0, 0.05) is 30.5 Å². The third kappa shape index (κ3) is 5.70. The third-order valence-electron chi connectivity index (χ3n) is 2.38. The molecule has 5 heteroatoms. The van der Waals surface area contributed by atoms with Gasteiger partial charge >= 0.3 is 0 Å².